The molecule has 0 radical (unpaired) electrons. The van der Waals surface area contributed by atoms with Gasteiger partial charge in [-0.3, -0.25) is 9.69 Å². The minimum atomic E-state index is 0.0477. The molecule has 0 unspecified atom stereocenters. The Balaban J connectivity index is 1.41. The van der Waals surface area contributed by atoms with E-state index in [1.54, 1.807) is 19.5 Å². The number of anilines is 1. The number of hydrogen-bond donors (Lipinski definition) is 1. The highest BCUT2D eigenvalue weighted by molar-refractivity contribution is 5.78. The van der Waals surface area contributed by atoms with E-state index in [1.807, 2.05) is 24.3 Å². The normalized spacial score (nSPS) is 15.0. The zero-order chi connectivity index (χ0) is 18.2. The van der Waals surface area contributed by atoms with Gasteiger partial charge in [-0.2, -0.15) is 0 Å². The summed E-state index contributed by atoms with van der Waals surface area (Å²) in [5.41, 5.74) is 2.19. The van der Waals surface area contributed by atoms with Gasteiger partial charge in [-0.05, 0) is 17.2 Å². The maximum Gasteiger partial charge on any atom is 0.234 e. The fourth-order valence-corrected chi connectivity index (χ4v) is 3.02. The number of methoxy groups -OCH3 is 1. The predicted molar refractivity (Wildman–Crippen MR) is 99.7 cm³/mol. The molecule has 1 aromatic carbocycles. The van der Waals surface area contributed by atoms with Crippen LogP contribution in [0.1, 0.15) is 11.1 Å². The first kappa shape index (κ1) is 18.3. The molecule has 7 nitrogen and oxygen atoms in total. The Morgan fingerprint density at radius 3 is 2.58 bits per heavy atom. The molecule has 2 aromatic rings. The molecule has 1 amide bonds. The van der Waals surface area contributed by atoms with Crippen molar-refractivity contribution in [2.24, 2.45) is 0 Å². The van der Waals surface area contributed by atoms with Crippen molar-refractivity contribution in [3.63, 3.8) is 0 Å². The van der Waals surface area contributed by atoms with Crippen LogP contribution >= 0.6 is 0 Å². The molecule has 0 spiro atoms. The lowest BCUT2D eigenvalue weighted by atomic mass is 10.1. The minimum Gasteiger partial charge on any atom is -0.380 e. The summed E-state index contributed by atoms with van der Waals surface area (Å²) in [5, 5.41) is 3.00. The molecule has 0 bridgehead atoms. The van der Waals surface area contributed by atoms with E-state index in [2.05, 4.69) is 31.2 Å². The largest absolute Gasteiger partial charge is 0.380 e. The van der Waals surface area contributed by atoms with Crippen LogP contribution in [0.4, 0.5) is 5.95 Å². The molecular weight excluding hydrogens is 330 g/mol. The second-order valence-electron chi connectivity index (χ2n) is 6.34. The van der Waals surface area contributed by atoms with Crippen LogP contribution in [0.25, 0.3) is 0 Å². The quantitative estimate of drug-likeness (QED) is 0.801. The number of benzene rings is 1. The molecule has 0 saturated carbocycles. The van der Waals surface area contributed by atoms with Crippen molar-refractivity contribution in [2.75, 3.05) is 44.7 Å². The third kappa shape index (κ3) is 5.24. The zero-order valence-electron chi connectivity index (χ0n) is 15.1. The summed E-state index contributed by atoms with van der Waals surface area (Å²) in [6.45, 7) is 4.85. The van der Waals surface area contributed by atoms with Crippen LogP contribution in [0.5, 0.6) is 0 Å². The number of carbonyl (C=O) groups excluding carboxylic acids is 1. The first-order chi connectivity index (χ1) is 12.7. The van der Waals surface area contributed by atoms with Crippen LogP contribution < -0.4 is 10.2 Å². The first-order valence-corrected chi connectivity index (χ1v) is 8.82. The number of piperazine rings is 1. The smallest absolute Gasteiger partial charge is 0.234 e. The number of carbonyl (C=O) groups is 1. The molecule has 7 heteroatoms. The van der Waals surface area contributed by atoms with Crippen LogP contribution in [0, 0.1) is 0 Å². The molecular formula is C19H25N5O2. The Hall–Kier alpha value is -2.51. The van der Waals surface area contributed by atoms with Gasteiger partial charge in [-0.25, -0.2) is 9.97 Å². The lowest BCUT2D eigenvalue weighted by molar-refractivity contribution is -0.122. The fraction of sp³-hybridized carbons (Fsp3) is 0.421. The maximum atomic E-state index is 12.2. The van der Waals surface area contributed by atoms with Crippen LogP contribution in [0.2, 0.25) is 0 Å². The van der Waals surface area contributed by atoms with E-state index in [9.17, 15) is 4.79 Å². The van der Waals surface area contributed by atoms with Gasteiger partial charge in [0.2, 0.25) is 11.9 Å². The highest BCUT2D eigenvalue weighted by atomic mass is 16.5. The predicted octanol–water partition coefficient (Wildman–Crippen LogP) is 1.06. The van der Waals surface area contributed by atoms with Gasteiger partial charge in [0, 0.05) is 52.2 Å². The Morgan fingerprint density at radius 2 is 1.85 bits per heavy atom. The highest BCUT2D eigenvalue weighted by Gasteiger charge is 2.20. The van der Waals surface area contributed by atoms with Gasteiger partial charge in [0.05, 0.1) is 13.2 Å². The Morgan fingerprint density at radius 1 is 1.12 bits per heavy atom. The summed E-state index contributed by atoms with van der Waals surface area (Å²) in [7, 11) is 1.68. The molecule has 1 N–H and O–H groups in total. The van der Waals surface area contributed by atoms with Crippen LogP contribution in [0.15, 0.2) is 42.7 Å². The summed E-state index contributed by atoms with van der Waals surface area (Å²) in [6, 6.07) is 9.89. The van der Waals surface area contributed by atoms with Gasteiger partial charge in [0.25, 0.3) is 0 Å². The number of rotatable bonds is 7. The first-order valence-electron chi connectivity index (χ1n) is 8.82. The van der Waals surface area contributed by atoms with Crippen LogP contribution in [-0.4, -0.2) is 60.6 Å². The van der Waals surface area contributed by atoms with Gasteiger partial charge in [0.1, 0.15) is 0 Å². The average Bonchev–Trinajstić information content (AvgIpc) is 2.68. The number of amides is 1. The molecule has 138 valence electrons. The number of aromatic nitrogens is 2. The van der Waals surface area contributed by atoms with Crippen molar-refractivity contribution in [3.05, 3.63) is 53.9 Å². The monoisotopic (exact) mass is 355 g/mol. The molecule has 1 aliphatic rings. The van der Waals surface area contributed by atoms with E-state index in [-0.39, 0.29) is 5.91 Å². The molecule has 26 heavy (non-hydrogen) atoms. The molecule has 0 aliphatic carbocycles. The van der Waals surface area contributed by atoms with E-state index >= 15 is 0 Å². The van der Waals surface area contributed by atoms with Crippen LogP contribution in [-0.2, 0) is 22.7 Å². The SMILES string of the molecule is COCc1cccc(CNC(=O)CN2CCN(c3ncccn3)CC2)c1. The minimum absolute atomic E-state index is 0.0477. The fourth-order valence-electron chi connectivity index (χ4n) is 3.02. The van der Waals surface area contributed by atoms with Crippen molar-refractivity contribution < 1.29 is 9.53 Å². The van der Waals surface area contributed by atoms with E-state index in [4.69, 9.17) is 4.74 Å². The van der Waals surface area contributed by atoms with Crippen molar-refractivity contribution in [1.29, 1.82) is 0 Å². The zero-order valence-corrected chi connectivity index (χ0v) is 15.1. The Kier molecular flexibility index (Phi) is 6.51. The number of nitrogens with one attached hydrogen (secondary N) is 1. The number of hydrogen-bond acceptors (Lipinski definition) is 6. The van der Waals surface area contributed by atoms with Gasteiger partial charge < -0.3 is 15.0 Å². The van der Waals surface area contributed by atoms with E-state index < -0.39 is 0 Å². The lowest BCUT2D eigenvalue weighted by Gasteiger charge is -2.34. The molecule has 0 atom stereocenters. The van der Waals surface area contributed by atoms with E-state index in [0.29, 0.717) is 19.7 Å². The maximum absolute atomic E-state index is 12.2. The molecule has 3 rings (SSSR count). The second-order valence-corrected chi connectivity index (χ2v) is 6.34. The third-order valence-corrected chi connectivity index (χ3v) is 4.37. The van der Waals surface area contributed by atoms with Crippen LogP contribution in [0.3, 0.4) is 0 Å². The third-order valence-electron chi connectivity index (χ3n) is 4.37. The summed E-state index contributed by atoms with van der Waals surface area (Å²) in [5.74, 6) is 0.805. The molecule has 1 saturated heterocycles. The summed E-state index contributed by atoms with van der Waals surface area (Å²) in [4.78, 5) is 25.1. The molecule has 1 fully saturated rings. The lowest BCUT2D eigenvalue weighted by Crippen LogP contribution is -2.49. The summed E-state index contributed by atoms with van der Waals surface area (Å²) in [6.07, 6.45) is 3.51. The van der Waals surface area contributed by atoms with E-state index in [1.165, 1.54) is 0 Å². The van der Waals surface area contributed by atoms with Crippen molar-refractivity contribution >= 4 is 11.9 Å². The van der Waals surface area contributed by atoms with Gasteiger partial charge in [-0.1, -0.05) is 24.3 Å². The standard InChI is InChI=1S/C19H25N5O2/c1-26-15-17-5-2-4-16(12-17)13-22-18(25)14-23-8-10-24(11-9-23)19-20-6-3-7-21-19/h2-7,12H,8-11,13-15H2,1H3,(H,22,25). The van der Waals surface area contributed by atoms with Crippen molar-refractivity contribution in [1.82, 2.24) is 20.2 Å². The highest BCUT2D eigenvalue weighted by Crippen LogP contribution is 2.09. The van der Waals surface area contributed by atoms with Gasteiger partial charge >= 0.3 is 0 Å². The Bertz CT molecular complexity index is 702. The summed E-state index contributed by atoms with van der Waals surface area (Å²) >= 11 is 0. The number of ether oxygens (including phenoxy) is 1. The van der Waals surface area contributed by atoms with Gasteiger partial charge in [-0.15, -0.1) is 0 Å². The van der Waals surface area contributed by atoms with Crippen molar-refractivity contribution in [2.45, 2.75) is 13.2 Å². The van der Waals surface area contributed by atoms with Gasteiger partial charge in [0.15, 0.2) is 0 Å². The molecule has 2 heterocycles. The van der Waals surface area contributed by atoms with E-state index in [0.717, 1.165) is 43.3 Å². The molecule has 1 aliphatic heterocycles. The average molecular weight is 355 g/mol. The topological polar surface area (TPSA) is 70.6 Å². The second kappa shape index (κ2) is 9.26. The van der Waals surface area contributed by atoms with Crippen molar-refractivity contribution in [3.8, 4) is 0 Å². The summed E-state index contributed by atoms with van der Waals surface area (Å²) < 4.78 is 5.14. The number of nitrogens with zero attached hydrogens (tertiary/aromatic N) is 4. The Labute approximate surface area is 154 Å². The molecule has 1 aromatic heterocycles.